The number of aliphatic hydroxyl groups is 4. The van der Waals surface area contributed by atoms with Gasteiger partial charge in [-0.3, -0.25) is 29.0 Å². The normalized spacial score (nSPS) is 30.6. The van der Waals surface area contributed by atoms with Crippen LogP contribution in [0.15, 0.2) is 48.3 Å². The van der Waals surface area contributed by atoms with Crippen LogP contribution >= 0.6 is 0 Å². The Morgan fingerprint density at radius 1 is 0.982 bits per heavy atom. The van der Waals surface area contributed by atoms with E-state index in [1.54, 1.807) is 40.0 Å². The third-order valence-corrected chi connectivity index (χ3v) is 9.93. The molecule has 0 spiro atoms. The van der Waals surface area contributed by atoms with Gasteiger partial charge < -0.3 is 54.9 Å². The fraction of sp³-hybridized carbons (Fsp3) is 0.605. The monoisotopic (exact) mass is 787 g/mol. The molecule has 18 nitrogen and oxygen atoms in total. The number of alkyl carbamates (subject to hydrolysis) is 1. The quantitative estimate of drug-likeness (QED) is 0.150. The molecule has 2 saturated heterocycles. The standard InChI is InChI=1S/C38H53N5O13/c1-7-8-9-20-10-12-21(13-11-20)40-33(50)23-15-16-41(5)26(34(51)42(23)6)31(32-28(47)29(48)35(54-32)43-17-14-22(44)18-25(43)45)55-36-30(49)27(46)24(53-36)19-39-37(52)56-38(2,3)4/h10-15,17,24,26-32,35-36,46-49H,7-9,16,18-19H2,1-6H3,(H,39,52)(H,40,50)/t24-,26+,27-,28+,29-,30-,31+,32+,35-,36+/m1/s1. The van der Waals surface area contributed by atoms with Crippen molar-refractivity contribution in [3.63, 3.8) is 0 Å². The van der Waals surface area contributed by atoms with E-state index in [0.29, 0.717) is 5.69 Å². The largest absolute Gasteiger partial charge is 0.444 e. The highest BCUT2D eigenvalue weighted by atomic mass is 16.7. The fourth-order valence-corrected chi connectivity index (χ4v) is 6.89. The van der Waals surface area contributed by atoms with Gasteiger partial charge in [-0.1, -0.05) is 25.5 Å². The number of anilines is 1. The number of allylic oxidation sites excluding steroid dienone is 1. The summed E-state index contributed by atoms with van der Waals surface area (Å²) in [4.78, 5) is 68.6. The molecule has 18 heteroatoms. The van der Waals surface area contributed by atoms with Gasteiger partial charge in [0.1, 0.15) is 60.1 Å². The molecule has 0 unspecified atom stereocenters. The lowest BCUT2D eigenvalue weighted by Crippen LogP contribution is -2.59. The van der Waals surface area contributed by atoms with Gasteiger partial charge in [0, 0.05) is 32.0 Å². The Morgan fingerprint density at radius 3 is 2.32 bits per heavy atom. The molecule has 6 N–H and O–H groups in total. The van der Waals surface area contributed by atoms with E-state index >= 15 is 0 Å². The van der Waals surface area contributed by atoms with E-state index in [4.69, 9.17) is 18.9 Å². The number of carbonyl (C=O) groups excluding carboxylic acids is 5. The van der Waals surface area contributed by atoms with Gasteiger partial charge in [0.2, 0.25) is 11.8 Å². The first kappa shape index (κ1) is 42.9. The van der Waals surface area contributed by atoms with Crippen LogP contribution in [-0.2, 0) is 44.5 Å². The second-order valence-corrected chi connectivity index (χ2v) is 15.4. The SMILES string of the molecule is CCCCc1ccc(NC(=O)C2=CCN(C)[C@@H]([C@H](O[C@@H]3O[C@H](CNC(=O)OC(C)(C)C)[C@@H](O)[C@H]3O)[C@H]3O[C@@H](N4C=CC(=O)CC4=O)[C@H](O)[C@@H]3O)C(=O)N2C)cc1. The summed E-state index contributed by atoms with van der Waals surface area (Å²) in [7, 11) is 2.93. The zero-order valence-corrected chi connectivity index (χ0v) is 32.4. The summed E-state index contributed by atoms with van der Waals surface area (Å²) in [5.41, 5.74) is 0.817. The summed E-state index contributed by atoms with van der Waals surface area (Å²) in [5.74, 6) is -2.47. The van der Waals surface area contributed by atoms with Crippen molar-refractivity contribution in [3.05, 3.63) is 53.9 Å². The highest BCUT2D eigenvalue weighted by Gasteiger charge is 2.56. The van der Waals surface area contributed by atoms with E-state index in [0.717, 1.165) is 46.9 Å². The van der Waals surface area contributed by atoms with Crippen molar-refractivity contribution in [2.45, 2.75) is 120 Å². The van der Waals surface area contributed by atoms with Crippen LogP contribution < -0.4 is 10.6 Å². The number of rotatable bonds is 12. The van der Waals surface area contributed by atoms with Crippen molar-refractivity contribution in [2.75, 3.05) is 32.5 Å². The number of aryl methyl sites for hydroxylation is 1. The average Bonchev–Trinajstić information content (AvgIpc) is 3.53. The van der Waals surface area contributed by atoms with E-state index in [2.05, 4.69) is 17.6 Å². The third-order valence-electron chi connectivity index (χ3n) is 9.93. The molecule has 0 aromatic heterocycles. The minimum Gasteiger partial charge on any atom is -0.444 e. The first-order valence-electron chi connectivity index (χ1n) is 18.7. The fourth-order valence-electron chi connectivity index (χ4n) is 6.89. The zero-order chi connectivity index (χ0) is 41.1. The molecule has 0 saturated carbocycles. The van der Waals surface area contributed by atoms with Crippen molar-refractivity contribution in [1.82, 2.24) is 20.0 Å². The Balaban J connectivity index is 1.40. The number of carbonyl (C=O) groups is 5. The second-order valence-electron chi connectivity index (χ2n) is 15.4. The first-order valence-corrected chi connectivity index (χ1v) is 18.7. The summed E-state index contributed by atoms with van der Waals surface area (Å²) in [6.07, 6.45) is -9.05. The van der Waals surface area contributed by atoms with Crippen molar-refractivity contribution >= 4 is 35.3 Å². The molecular weight excluding hydrogens is 734 g/mol. The molecule has 4 aliphatic heterocycles. The van der Waals surface area contributed by atoms with Gasteiger partial charge >= 0.3 is 6.09 Å². The predicted octanol–water partition coefficient (Wildman–Crippen LogP) is -0.258. The number of unbranched alkanes of at least 4 members (excludes halogenated alkanes) is 1. The molecule has 56 heavy (non-hydrogen) atoms. The number of ether oxygens (including phenoxy) is 4. The highest BCUT2D eigenvalue weighted by molar-refractivity contribution is 6.07. The summed E-state index contributed by atoms with van der Waals surface area (Å²) >= 11 is 0. The molecule has 2 fully saturated rings. The maximum absolute atomic E-state index is 14.5. The Bertz CT molecular complexity index is 1680. The van der Waals surface area contributed by atoms with Crippen molar-refractivity contribution in [1.29, 1.82) is 0 Å². The van der Waals surface area contributed by atoms with Crippen molar-refractivity contribution < 1.29 is 63.3 Å². The molecular formula is C38H53N5O13. The minimum atomic E-state index is -1.80. The van der Waals surface area contributed by atoms with Crippen LogP contribution in [0, 0.1) is 0 Å². The second kappa shape index (κ2) is 17.9. The third kappa shape index (κ3) is 9.81. The highest BCUT2D eigenvalue weighted by Crippen LogP contribution is 2.35. The van der Waals surface area contributed by atoms with Gasteiger partial charge in [-0.05, 0) is 70.5 Å². The molecule has 5 rings (SSSR count). The number of likely N-dealkylation sites (N-methyl/N-ethyl adjacent to an activating group) is 2. The zero-order valence-electron chi connectivity index (χ0n) is 32.4. The molecule has 308 valence electrons. The molecule has 0 radical (unpaired) electrons. The van der Waals surface area contributed by atoms with Crippen molar-refractivity contribution in [3.8, 4) is 0 Å². The van der Waals surface area contributed by atoms with Crippen LogP contribution in [0.25, 0.3) is 0 Å². The minimum absolute atomic E-state index is 0.00136. The summed E-state index contributed by atoms with van der Waals surface area (Å²) in [5, 5.41) is 49.9. The topological polar surface area (TPSA) is 237 Å². The van der Waals surface area contributed by atoms with Gasteiger partial charge in [0.25, 0.3) is 5.91 Å². The van der Waals surface area contributed by atoms with Gasteiger partial charge in [0.15, 0.2) is 18.3 Å². The Labute approximate surface area is 325 Å². The molecule has 10 atom stereocenters. The lowest BCUT2D eigenvalue weighted by molar-refractivity contribution is -0.233. The van der Waals surface area contributed by atoms with Gasteiger partial charge in [-0.15, -0.1) is 0 Å². The predicted molar refractivity (Wildman–Crippen MR) is 197 cm³/mol. The molecule has 1 aromatic carbocycles. The number of nitrogens with one attached hydrogen (secondary N) is 2. The maximum Gasteiger partial charge on any atom is 0.407 e. The molecule has 0 bridgehead atoms. The van der Waals surface area contributed by atoms with E-state index < -0.39 is 103 Å². The number of aliphatic hydroxyl groups excluding tert-OH is 4. The molecule has 0 aliphatic carbocycles. The van der Waals surface area contributed by atoms with Crippen LogP contribution in [-0.4, -0.2) is 159 Å². The van der Waals surface area contributed by atoms with E-state index in [-0.39, 0.29) is 18.8 Å². The number of benzene rings is 1. The van der Waals surface area contributed by atoms with Crippen LogP contribution in [0.2, 0.25) is 0 Å². The van der Waals surface area contributed by atoms with E-state index in [9.17, 15) is 44.4 Å². The smallest absolute Gasteiger partial charge is 0.407 e. The number of ketones is 1. The molecule has 4 amide bonds. The number of hydrogen-bond acceptors (Lipinski definition) is 14. The van der Waals surface area contributed by atoms with E-state index in [1.165, 1.54) is 18.0 Å². The number of hydrogen-bond donors (Lipinski definition) is 6. The molecule has 4 aliphatic rings. The van der Waals surface area contributed by atoms with Gasteiger partial charge in [-0.25, -0.2) is 4.79 Å². The van der Waals surface area contributed by atoms with Crippen LogP contribution in [0.3, 0.4) is 0 Å². The number of nitrogens with zero attached hydrogens (tertiary/aromatic N) is 3. The van der Waals surface area contributed by atoms with Crippen LogP contribution in [0.4, 0.5) is 10.5 Å². The first-order chi connectivity index (χ1) is 26.4. The maximum atomic E-state index is 14.5. The Morgan fingerprint density at radius 2 is 1.68 bits per heavy atom. The lowest BCUT2D eigenvalue weighted by atomic mass is 9.97. The lowest BCUT2D eigenvalue weighted by Gasteiger charge is -2.38. The molecule has 1 aromatic rings. The van der Waals surface area contributed by atoms with Crippen LogP contribution in [0.1, 0.15) is 52.5 Å². The average molecular weight is 788 g/mol. The summed E-state index contributed by atoms with van der Waals surface area (Å²) < 4.78 is 23.4. The van der Waals surface area contributed by atoms with Crippen LogP contribution in [0.5, 0.6) is 0 Å². The van der Waals surface area contributed by atoms with Gasteiger partial charge in [0.05, 0.1) is 6.42 Å². The molecule has 4 heterocycles. The van der Waals surface area contributed by atoms with Gasteiger partial charge in [-0.2, -0.15) is 0 Å². The summed E-state index contributed by atoms with van der Waals surface area (Å²) in [6.45, 7) is 6.79. The summed E-state index contributed by atoms with van der Waals surface area (Å²) in [6, 6.07) is 5.99. The Hall–Kier alpha value is -4.27. The Kier molecular flexibility index (Phi) is 13.7. The van der Waals surface area contributed by atoms with Crippen molar-refractivity contribution in [2.24, 2.45) is 0 Å². The van der Waals surface area contributed by atoms with E-state index in [1.807, 2.05) is 12.1 Å². The number of amides is 4.